The number of carboxylic acids is 1. The van der Waals surface area contributed by atoms with Gasteiger partial charge in [0.2, 0.25) is 0 Å². The maximum atomic E-state index is 11.7. The van der Waals surface area contributed by atoms with Crippen molar-refractivity contribution in [2.75, 3.05) is 6.61 Å². The van der Waals surface area contributed by atoms with Crippen molar-refractivity contribution in [3.63, 3.8) is 0 Å². The first kappa shape index (κ1) is 14.2. The van der Waals surface area contributed by atoms with Gasteiger partial charge in [-0.15, -0.1) is 0 Å². The molecule has 108 valence electrons. The molecule has 1 atom stereocenters. The summed E-state index contributed by atoms with van der Waals surface area (Å²) in [5.74, 6) is -0.749. The summed E-state index contributed by atoms with van der Waals surface area (Å²) in [6, 6.07) is 4.42. The summed E-state index contributed by atoms with van der Waals surface area (Å²) in [7, 11) is 0. The van der Waals surface area contributed by atoms with E-state index in [4.69, 9.17) is 14.6 Å². The Morgan fingerprint density at radius 3 is 2.70 bits per heavy atom. The standard InChI is InChI=1S/C14H17NO5/c1-14(2,3)20-13(18)15-10-7-19-11-8(10)5-4-6-9(11)12(16)17/h4-6,10H,7H2,1-3H3,(H,15,18)(H,16,17). The Hall–Kier alpha value is -2.24. The fourth-order valence-electron chi connectivity index (χ4n) is 1.98. The van der Waals surface area contributed by atoms with Crippen LogP contribution in [-0.4, -0.2) is 29.4 Å². The van der Waals surface area contributed by atoms with Crippen LogP contribution in [-0.2, 0) is 4.74 Å². The molecule has 20 heavy (non-hydrogen) atoms. The first-order valence-electron chi connectivity index (χ1n) is 6.26. The Morgan fingerprint density at radius 2 is 2.10 bits per heavy atom. The largest absolute Gasteiger partial charge is 0.490 e. The van der Waals surface area contributed by atoms with Crippen molar-refractivity contribution >= 4 is 12.1 Å². The monoisotopic (exact) mass is 279 g/mol. The number of carboxylic acid groups (broad SMARTS) is 1. The molecule has 1 aromatic rings. The van der Waals surface area contributed by atoms with Crippen molar-refractivity contribution in [2.24, 2.45) is 0 Å². The predicted octanol–water partition coefficient (Wildman–Crippen LogP) is 2.34. The lowest BCUT2D eigenvalue weighted by Crippen LogP contribution is -2.35. The van der Waals surface area contributed by atoms with Crippen molar-refractivity contribution in [1.82, 2.24) is 5.32 Å². The van der Waals surface area contributed by atoms with Gasteiger partial charge in [0.25, 0.3) is 0 Å². The van der Waals surface area contributed by atoms with Crippen LogP contribution in [0.1, 0.15) is 42.7 Å². The van der Waals surface area contributed by atoms with Gasteiger partial charge in [-0.25, -0.2) is 9.59 Å². The highest BCUT2D eigenvalue weighted by Gasteiger charge is 2.30. The number of aromatic carboxylic acids is 1. The number of hydrogen-bond donors (Lipinski definition) is 2. The van der Waals surface area contributed by atoms with Crippen LogP contribution in [0.4, 0.5) is 4.79 Å². The average Bonchev–Trinajstić information content (AvgIpc) is 2.69. The van der Waals surface area contributed by atoms with Crippen molar-refractivity contribution in [3.05, 3.63) is 29.3 Å². The van der Waals surface area contributed by atoms with Gasteiger partial charge < -0.3 is 19.9 Å². The molecule has 0 spiro atoms. The van der Waals surface area contributed by atoms with E-state index < -0.39 is 23.7 Å². The van der Waals surface area contributed by atoms with Crippen LogP contribution in [0, 0.1) is 0 Å². The lowest BCUT2D eigenvalue weighted by atomic mass is 10.1. The number of amides is 1. The zero-order valence-electron chi connectivity index (χ0n) is 11.6. The molecular formula is C14H17NO5. The molecule has 2 rings (SSSR count). The summed E-state index contributed by atoms with van der Waals surface area (Å²) < 4.78 is 10.6. The van der Waals surface area contributed by atoms with E-state index in [1.165, 1.54) is 6.07 Å². The zero-order chi connectivity index (χ0) is 14.9. The number of ether oxygens (including phenoxy) is 2. The normalized spacial score (nSPS) is 17.1. The minimum absolute atomic E-state index is 0.0935. The van der Waals surface area contributed by atoms with Gasteiger partial charge in [-0.3, -0.25) is 0 Å². The number of carbonyl (C=O) groups excluding carboxylic acids is 1. The first-order valence-corrected chi connectivity index (χ1v) is 6.26. The molecule has 0 saturated carbocycles. The Morgan fingerprint density at radius 1 is 1.40 bits per heavy atom. The number of alkyl carbamates (subject to hydrolysis) is 1. The van der Waals surface area contributed by atoms with Crippen LogP contribution in [0.3, 0.4) is 0 Å². The average molecular weight is 279 g/mol. The number of fused-ring (bicyclic) bond motifs is 1. The molecule has 1 unspecified atom stereocenters. The minimum Gasteiger partial charge on any atom is -0.490 e. The fourth-order valence-corrected chi connectivity index (χ4v) is 1.98. The van der Waals surface area contributed by atoms with Crippen molar-refractivity contribution in [3.8, 4) is 5.75 Å². The topological polar surface area (TPSA) is 84.9 Å². The van der Waals surface area contributed by atoms with Crippen LogP contribution in [0.2, 0.25) is 0 Å². The van der Waals surface area contributed by atoms with E-state index in [1.54, 1.807) is 32.9 Å². The number of nitrogens with one attached hydrogen (secondary N) is 1. The lowest BCUT2D eigenvalue weighted by molar-refractivity contribution is 0.0495. The van der Waals surface area contributed by atoms with Crippen LogP contribution < -0.4 is 10.1 Å². The number of para-hydroxylation sites is 1. The van der Waals surface area contributed by atoms with Crippen LogP contribution >= 0.6 is 0 Å². The van der Waals surface area contributed by atoms with E-state index in [0.717, 1.165) is 0 Å². The third kappa shape index (κ3) is 3.01. The SMILES string of the molecule is CC(C)(C)OC(=O)NC1COc2c(C(=O)O)cccc21. The summed E-state index contributed by atoms with van der Waals surface area (Å²) in [4.78, 5) is 22.8. The van der Waals surface area contributed by atoms with E-state index in [1.807, 2.05) is 0 Å². The smallest absolute Gasteiger partial charge is 0.408 e. The first-order chi connectivity index (χ1) is 9.28. The second-order valence-corrected chi connectivity index (χ2v) is 5.54. The molecule has 2 N–H and O–H groups in total. The van der Waals surface area contributed by atoms with Crippen LogP contribution in [0.25, 0.3) is 0 Å². The second kappa shape index (κ2) is 5.03. The van der Waals surface area contributed by atoms with Crippen LogP contribution in [0.15, 0.2) is 18.2 Å². The van der Waals surface area contributed by atoms with E-state index in [9.17, 15) is 9.59 Å². The number of carbonyl (C=O) groups is 2. The maximum Gasteiger partial charge on any atom is 0.408 e. The third-order valence-electron chi connectivity index (χ3n) is 2.74. The Labute approximate surface area is 116 Å². The van der Waals surface area contributed by atoms with Gasteiger partial charge in [-0.05, 0) is 26.8 Å². The summed E-state index contributed by atoms with van der Waals surface area (Å²) in [5.41, 5.74) is 0.154. The molecule has 0 saturated heterocycles. The lowest BCUT2D eigenvalue weighted by Gasteiger charge is -2.21. The van der Waals surface area contributed by atoms with Crippen molar-refractivity contribution < 1.29 is 24.2 Å². The molecule has 1 heterocycles. The molecule has 1 aliphatic heterocycles. The van der Waals surface area contributed by atoms with Crippen molar-refractivity contribution in [2.45, 2.75) is 32.4 Å². The van der Waals surface area contributed by atoms with E-state index in [0.29, 0.717) is 11.3 Å². The zero-order valence-corrected chi connectivity index (χ0v) is 11.6. The predicted molar refractivity (Wildman–Crippen MR) is 71.0 cm³/mol. The molecule has 0 aliphatic carbocycles. The minimum atomic E-state index is -1.06. The Balaban J connectivity index is 2.15. The molecule has 0 radical (unpaired) electrons. The molecule has 0 aromatic heterocycles. The molecule has 1 amide bonds. The molecule has 1 aromatic carbocycles. The van der Waals surface area contributed by atoms with Gasteiger partial charge in [0.05, 0.1) is 6.04 Å². The number of rotatable bonds is 2. The number of benzene rings is 1. The molecule has 6 heteroatoms. The van der Waals surface area contributed by atoms with Gasteiger partial charge in [-0.2, -0.15) is 0 Å². The Kier molecular flexibility index (Phi) is 3.57. The van der Waals surface area contributed by atoms with E-state index in [-0.39, 0.29) is 12.2 Å². The second-order valence-electron chi connectivity index (χ2n) is 5.54. The van der Waals surface area contributed by atoms with Gasteiger partial charge >= 0.3 is 12.1 Å². The molecular weight excluding hydrogens is 262 g/mol. The molecule has 1 aliphatic rings. The van der Waals surface area contributed by atoms with Crippen LogP contribution in [0.5, 0.6) is 5.75 Å². The van der Waals surface area contributed by atoms with Gasteiger partial charge in [0, 0.05) is 5.56 Å². The maximum absolute atomic E-state index is 11.7. The number of hydrogen-bond acceptors (Lipinski definition) is 4. The molecule has 0 fully saturated rings. The highest BCUT2D eigenvalue weighted by molar-refractivity contribution is 5.91. The summed E-state index contributed by atoms with van der Waals surface area (Å²) >= 11 is 0. The van der Waals surface area contributed by atoms with Crippen molar-refractivity contribution in [1.29, 1.82) is 0 Å². The highest BCUT2D eigenvalue weighted by Crippen LogP contribution is 2.35. The van der Waals surface area contributed by atoms with Gasteiger partial charge in [0.15, 0.2) is 0 Å². The summed E-state index contributed by atoms with van der Waals surface area (Å²) in [5, 5.41) is 11.8. The quantitative estimate of drug-likeness (QED) is 0.868. The summed E-state index contributed by atoms with van der Waals surface area (Å²) in [6.07, 6.45) is -0.556. The van der Waals surface area contributed by atoms with E-state index >= 15 is 0 Å². The fraction of sp³-hybridized carbons (Fsp3) is 0.429. The Bertz CT molecular complexity index is 547. The molecule has 6 nitrogen and oxygen atoms in total. The highest BCUT2D eigenvalue weighted by atomic mass is 16.6. The molecule has 0 bridgehead atoms. The third-order valence-corrected chi connectivity index (χ3v) is 2.74. The van der Waals surface area contributed by atoms with E-state index in [2.05, 4.69) is 5.32 Å². The summed E-state index contributed by atoms with van der Waals surface area (Å²) in [6.45, 7) is 5.51. The van der Waals surface area contributed by atoms with Gasteiger partial charge in [-0.1, -0.05) is 12.1 Å². The van der Waals surface area contributed by atoms with Gasteiger partial charge in [0.1, 0.15) is 23.5 Å².